The average Bonchev–Trinajstić information content (AvgIpc) is 2.90. The fraction of sp³-hybridized carbons (Fsp3) is 0.200. The molecule has 0 spiro atoms. The molecule has 2 heterocycles. The lowest BCUT2D eigenvalue weighted by Gasteiger charge is -2.49. The highest BCUT2D eigenvalue weighted by Crippen LogP contribution is 2.48. The Labute approximate surface area is 196 Å². The summed E-state index contributed by atoms with van der Waals surface area (Å²) in [5.74, 6) is 0. The van der Waals surface area contributed by atoms with Gasteiger partial charge in [0, 0.05) is 12.8 Å². The zero-order valence-electron chi connectivity index (χ0n) is 18.8. The Morgan fingerprint density at radius 2 is 1.09 bits per heavy atom. The predicted molar refractivity (Wildman–Crippen MR) is 133 cm³/mol. The maximum atomic E-state index is 7.40. The van der Waals surface area contributed by atoms with E-state index in [1.165, 1.54) is 0 Å². The van der Waals surface area contributed by atoms with Crippen LogP contribution in [0.4, 0.5) is 0 Å². The van der Waals surface area contributed by atoms with E-state index in [9.17, 15) is 0 Å². The Morgan fingerprint density at radius 3 is 1.42 bits per heavy atom. The van der Waals surface area contributed by atoms with Gasteiger partial charge in [0.25, 0.3) is 0 Å². The SMILES string of the molecule is C=CCC(OC(CC=C)(c1ccccc1)C1C=CC=CO1)(c1ccccc1)C1C=CC=CO1. The van der Waals surface area contributed by atoms with Gasteiger partial charge in [-0.25, -0.2) is 0 Å². The Bertz CT molecular complexity index is 965. The molecule has 3 nitrogen and oxygen atoms in total. The van der Waals surface area contributed by atoms with Crippen molar-refractivity contribution in [2.75, 3.05) is 0 Å². The van der Waals surface area contributed by atoms with Crippen molar-refractivity contribution in [3.05, 3.63) is 146 Å². The van der Waals surface area contributed by atoms with Gasteiger partial charge in [0.15, 0.2) is 0 Å². The Balaban J connectivity index is 1.94. The molecule has 4 rings (SSSR count). The minimum atomic E-state index is -0.860. The molecule has 2 aromatic carbocycles. The van der Waals surface area contributed by atoms with E-state index in [4.69, 9.17) is 14.2 Å². The second-order valence-electron chi connectivity index (χ2n) is 8.14. The van der Waals surface area contributed by atoms with E-state index in [0.717, 1.165) is 11.1 Å². The third-order valence-electron chi connectivity index (χ3n) is 6.10. The molecule has 0 radical (unpaired) electrons. The van der Waals surface area contributed by atoms with Gasteiger partial charge in [-0.3, -0.25) is 0 Å². The fourth-order valence-corrected chi connectivity index (χ4v) is 4.61. The summed E-state index contributed by atoms with van der Waals surface area (Å²) in [5.41, 5.74) is 0.298. The van der Waals surface area contributed by atoms with Crippen molar-refractivity contribution in [3.63, 3.8) is 0 Å². The molecule has 0 saturated heterocycles. The van der Waals surface area contributed by atoms with Gasteiger partial charge in [-0.15, -0.1) is 13.2 Å². The van der Waals surface area contributed by atoms with Crippen LogP contribution in [0, 0.1) is 0 Å². The van der Waals surface area contributed by atoms with Crippen LogP contribution in [0.1, 0.15) is 24.0 Å². The molecule has 0 N–H and O–H groups in total. The van der Waals surface area contributed by atoms with Crippen molar-refractivity contribution in [2.45, 2.75) is 36.3 Å². The lowest BCUT2D eigenvalue weighted by Crippen LogP contribution is -2.53. The Morgan fingerprint density at radius 1 is 0.667 bits per heavy atom. The minimum Gasteiger partial charge on any atom is -0.491 e. The number of hydrogen-bond donors (Lipinski definition) is 0. The van der Waals surface area contributed by atoms with Crippen LogP contribution in [-0.2, 0) is 25.4 Å². The quantitative estimate of drug-likeness (QED) is 0.378. The topological polar surface area (TPSA) is 27.7 Å². The van der Waals surface area contributed by atoms with E-state index in [1.807, 2.05) is 85.0 Å². The zero-order chi connectivity index (χ0) is 23.0. The highest BCUT2D eigenvalue weighted by atomic mass is 16.6. The second-order valence-corrected chi connectivity index (χ2v) is 8.14. The number of allylic oxidation sites excluding steroid dienone is 4. The molecule has 4 atom stereocenters. The largest absolute Gasteiger partial charge is 0.491 e. The Kier molecular flexibility index (Phi) is 7.11. The van der Waals surface area contributed by atoms with Gasteiger partial charge >= 0.3 is 0 Å². The van der Waals surface area contributed by atoms with Crippen molar-refractivity contribution in [1.82, 2.24) is 0 Å². The molecule has 0 saturated carbocycles. The molecular weight excluding hydrogens is 408 g/mol. The standard InChI is InChI=1S/C30H30O3/c1-3-21-29(25-15-7-5-8-16-25,27-19-11-13-23-31-27)33-30(22-4-2,26-17-9-6-10-18-26)28-20-12-14-24-32-28/h3-20,23-24,27-28H,1-2,21-22H2. The summed E-state index contributed by atoms with van der Waals surface area (Å²) in [6.45, 7) is 8.15. The molecule has 0 amide bonds. The summed E-state index contributed by atoms with van der Waals surface area (Å²) >= 11 is 0. The van der Waals surface area contributed by atoms with Gasteiger partial charge in [0.2, 0.25) is 0 Å². The maximum Gasteiger partial charge on any atom is 0.150 e. The average molecular weight is 439 g/mol. The number of rotatable bonds is 10. The fourth-order valence-electron chi connectivity index (χ4n) is 4.61. The molecular formula is C30H30O3. The summed E-state index contributed by atoms with van der Waals surface area (Å²) in [7, 11) is 0. The molecule has 0 aromatic heterocycles. The van der Waals surface area contributed by atoms with E-state index in [2.05, 4.69) is 37.4 Å². The first-order chi connectivity index (χ1) is 16.2. The summed E-state index contributed by atoms with van der Waals surface area (Å²) in [4.78, 5) is 0. The summed E-state index contributed by atoms with van der Waals surface area (Å²) in [6.07, 6.45) is 19.4. The lowest BCUT2D eigenvalue weighted by atomic mass is 9.79. The highest BCUT2D eigenvalue weighted by Gasteiger charge is 2.52. The van der Waals surface area contributed by atoms with Gasteiger partial charge in [-0.2, -0.15) is 0 Å². The van der Waals surface area contributed by atoms with Crippen LogP contribution in [0.15, 0.2) is 135 Å². The monoisotopic (exact) mass is 438 g/mol. The molecule has 0 fully saturated rings. The molecule has 2 aromatic rings. The van der Waals surface area contributed by atoms with E-state index in [-0.39, 0.29) is 12.2 Å². The van der Waals surface area contributed by atoms with Crippen LogP contribution in [-0.4, -0.2) is 12.2 Å². The molecule has 168 valence electrons. The minimum absolute atomic E-state index is 0.362. The third kappa shape index (κ3) is 4.50. The van der Waals surface area contributed by atoms with Gasteiger partial charge in [-0.1, -0.05) is 85.0 Å². The lowest BCUT2D eigenvalue weighted by molar-refractivity contribution is -0.230. The van der Waals surface area contributed by atoms with Crippen molar-refractivity contribution in [3.8, 4) is 0 Å². The normalized spacial score (nSPS) is 22.4. The van der Waals surface area contributed by atoms with Crippen LogP contribution in [0.5, 0.6) is 0 Å². The van der Waals surface area contributed by atoms with Crippen molar-refractivity contribution in [2.24, 2.45) is 0 Å². The van der Waals surface area contributed by atoms with Crippen LogP contribution < -0.4 is 0 Å². The van der Waals surface area contributed by atoms with E-state index >= 15 is 0 Å². The molecule has 2 aliphatic rings. The van der Waals surface area contributed by atoms with E-state index < -0.39 is 11.2 Å². The molecule has 3 heteroatoms. The zero-order valence-corrected chi connectivity index (χ0v) is 18.8. The van der Waals surface area contributed by atoms with Crippen LogP contribution in [0.2, 0.25) is 0 Å². The summed E-state index contributed by atoms with van der Waals surface area (Å²) in [6, 6.07) is 20.4. The molecule has 33 heavy (non-hydrogen) atoms. The van der Waals surface area contributed by atoms with Crippen LogP contribution in [0.3, 0.4) is 0 Å². The summed E-state index contributed by atoms with van der Waals surface area (Å²) in [5, 5.41) is 0. The predicted octanol–water partition coefficient (Wildman–Crippen LogP) is 6.88. The third-order valence-corrected chi connectivity index (χ3v) is 6.10. The highest BCUT2D eigenvalue weighted by molar-refractivity contribution is 5.34. The number of benzene rings is 2. The van der Waals surface area contributed by atoms with Crippen LogP contribution in [0.25, 0.3) is 0 Å². The van der Waals surface area contributed by atoms with E-state index in [1.54, 1.807) is 12.5 Å². The Hall–Kier alpha value is -3.56. The molecule has 0 bridgehead atoms. The second kappa shape index (κ2) is 10.4. The van der Waals surface area contributed by atoms with Gasteiger partial charge in [-0.05, 0) is 35.4 Å². The van der Waals surface area contributed by atoms with Gasteiger partial charge < -0.3 is 14.2 Å². The van der Waals surface area contributed by atoms with Crippen molar-refractivity contribution in [1.29, 1.82) is 0 Å². The van der Waals surface area contributed by atoms with Gasteiger partial charge in [0.05, 0.1) is 12.5 Å². The molecule has 0 aliphatic carbocycles. The number of ether oxygens (including phenoxy) is 3. The van der Waals surface area contributed by atoms with Crippen molar-refractivity contribution < 1.29 is 14.2 Å². The number of hydrogen-bond acceptors (Lipinski definition) is 3. The van der Waals surface area contributed by atoms with E-state index in [0.29, 0.717) is 12.8 Å². The smallest absolute Gasteiger partial charge is 0.150 e. The van der Waals surface area contributed by atoms with Crippen LogP contribution >= 0.6 is 0 Å². The first kappa shape index (κ1) is 22.6. The van der Waals surface area contributed by atoms with Gasteiger partial charge in [0.1, 0.15) is 23.4 Å². The molecule has 4 unspecified atom stereocenters. The maximum absolute atomic E-state index is 7.40. The first-order valence-corrected chi connectivity index (χ1v) is 11.3. The van der Waals surface area contributed by atoms with Crippen molar-refractivity contribution >= 4 is 0 Å². The molecule has 2 aliphatic heterocycles. The summed E-state index contributed by atoms with van der Waals surface area (Å²) < 4.78 is 19.7. The first-order valence-electron chi connectivity index (χ1n) is 11.3.